The zero-order valence-corrected chi connectivity index (χ0v) is 12.9. The van der Waals surface area contributed by atoms with E-state index in [2.05, 4.69) is 4.72 Å². The number of rotatable bonds is 5. The van der Waals surface area contributed by atoms with Gasteiger partial charge in [-0.25, -0.2) is 13.1 Å². The maximum Gasteiger partial charge on any atom is 0.308 e. The summed E-state index contributed by atoms with van der Waals surface area (Å²) in [7, 11) is -3.66. The summed E-state index contributed by atoms with van der Waals surface area (Å²) < 4.78 is 27.3. The molecule has 21 heavy (non-hydrogen) atoms. The molecule has 1 aromatic rings. The number of nitrogens with one attached hydrogen (secondary N) is 1. The minimum absolute atomic E-state index is 0.189. The van der Waals surface area contributed by atoms with E-state index in [-0.39, 0.29) is 4.90 Å². The van der Waals surface area contributed by atoms with Crippen molar-refractivity contribution >= 4 is 16.0 Å². The average molecular weight is 311 g/mol. The molecule has 0 amide bonds. The standard InChI is InChI=1S/C15H21NO4S/c1-2-11-7-9-12(10-8-11)21(19,20)16-14-6-4-3-5-13(14)15(17)18/h7-10,13-14,16H,2-6H2,1H3,(H,17,18). The van der Waals surface area contributed by atoms with Gasteiger partial charge < -0.3 is 5.11 Å². The molecular formula is C15H21NO4S. The van der Waals surface area contributed by atoms with Crippen LogP contribution >= 0.6 is 0 Å². The number of carboxylic acid groups (broad SMARTS) is 1. The van der Waals surface area contributed by atoms with Crippen LogP contribution in [-0.4, -0.2) is 25.5 Å². The van der Waals surface area contributed by atoms with Crippen molar-refractivity contribution in [1.29, 1.82) is 0 Å². The van der Waals surface area contributed by atoms with Gasteiger partial charge in [0.2, 0.25) is 10.0 Å². The van der Waals surface area contributed by atoms with E-state index in [9.17, 15) is 18.3 Å². The Kier molecular flexibility index (Phi) is 5.00. The summed E-state index contributed by atoms with van der Waals surface area (Å²) in [6, 6.07) is 6.18. The predicted molar refractivity (Wildman–Crippen MR) is 79.5 cm³/mol. The lowest BCUT2D eigenvalue weighted by Crippen LogP contribution is -2.44. The quantitative estimate of drug-likeness (QED) is 0.873. The molecule has 6 heteroatoms. The van der Waals surface area contributed by atoms with Gasteiger partial charge in [0.05, 0.1) is 10.8 Å². The highest BCUT2D eigenvalue weighted by Crippen LogP contribution is 2.26. The second kappa shape index (κ2) is 6.58. The van der Waals surface area contributed by atoms with Gasteiger partial charge in [-0.1, -0.05) is 31.9 Å². The third-order valence-electron chi connectivity index (χ3n) is 4.03. The van der Waals surface area contributed by atoms with Crippen molar-refractivity contribution in [3.8, 4) is 0 Å². The van der Waals surface area contributed by atoms with Gasteiger partial charge >= 0.3 is 5.97 Å². The molecule has 0 aliphatic heterocycles. The molecule has 0 heterocycles. The molecule has 1 aromatic carbocycles. The van der Waals surface area contributed by atoms with Crippen LogP contribution in [0.5, 0.6) is 0 Å². The van der Waals surface area contributed by atoms with Gasteiger partial charge in [0.25, 0.3) is 0 Å². The number of carbonyl (C=O) groups is 1. The summed E-state index contributed by atoms with van der Waals surface area (Å²) in [6.45, 7) is 2.00. The summed E-state index contributed by atoms with van der Waals surface area (Å²) in [5.41, 5.74) is 1.06. The van der Waals surface area contributed by atoms with Gasteiger partial charge in [0.15, 0.2) is 0 Å². The highest BCUT2D eigenvalue weighted by molar-refractivity contribution is 7.89. The second-order valence-electron chi connectivity index (χ2n) is 5.45. The van der Waals surface area contributed by atoms with E-state index in [1.165, 1.54) is 0 Å². The minimum atomic E-state index is -3.66. The van der Waals surface area contributed by atoms with E-state index in [1.54, 1.807) is 24.3 Å². The van der Waals surface area contributed by atoms with Crippen molar-refractivity contribution in [2.24, 2.45) is 5.92 Å². The molecule has 1 saturated carbocycles. The Bertz CT molecular complexity index is 595. The molecule has 1 aliphatic carbocycles. The Morgan fingerprint density at radius 3 is 2.43 bits per heavy atom. The maximum absolute atomic E-state index is 12.4. The molecule has 2 N–H and O–H groups in total. The smallest absolute Gasteiger partial charge is 0.308 e. The molecule has 0 spiro atoms. The van der Waals surface area contributed by atoms with Crippen molar-refractivity contribution in [3.63, 3.8) is 0 Å². The van der Waals surface area contributed by atoms with Crippen molar-refractivity contribution in [3.05, 3.63) is 29.8 Å². The number of aryl methyl sites for hydroxylation is 1. The summed E-state index contributed by atoms with van der Waals surface area (Å²) in [4.78, 5) is 11.4. The first kappa shape index (κ1) is 16.0. The Labute approximate surface area is 125 Å². The highest BCUT2D eigenvalue weighted by Gasteiger charge is 2.33. The van der Waals surface area contributed by atoms with Crippen molar-refractivity contribution in [1.82, 2.24) is 4.72 Å². The lowest BCUT2D eigenvalue weighted by atomic mass is 9.85. The van der Waals surface area contributed by atoms with E-state index < -0.39 is 28.0 Å². The highest BCUT2D eigenvalue weighted by atomic mass is 32.2. The fraction of sp³-hybridized carbons (Fsp3) is 0.533. The van der Waals surface area contributed by atoms with Crippen molar-refractivity contribution in [2.45, 2.75) is 50.0 Å². The van der Waals surface area contributed by atoms with Crippen molar-refractivity contribution < 1.29 is 18.3 Å². The molecule has 1 fully saturated rings. The molecule has 2 rings (SSSR count). The Balaban J connectivity index is 2.17. The van der Waals surface area contributed by atoms with E-state index >= 15 is 0 Å². The first-order chi connectivity index (χ1) is 9.94. The molecule has 0 bridgehead atoms. The zero-order valence-electron chi connectivity index (χ0n) is 12.1. The van der Waals surface area contributed by atoms with Crippen LogP contribution in [0.2, 0.25) is 0 Å². The first-order valence-corrected chi connectivity index (χ1v) is 8.76. The largest absolute Gasteiger partial charge is 0.481 e. The number of hydrogen-bond donors (Lipinski definition) is 2. The van der Waals surface area contributed by atoms with Crippen LogP contribution in [0.25, 0.3) is 0 Å². The van der Waals surface area contributed by atoms with Crippen LogP contribution in [0.4, 0.5) is 0 Å². The monoisotopic (exact) mass is 311 g/mol. The summed E-state index contributed by atoms with van der Waals surface area (Å²) in [6.07, 6.45) is 3.63. The molecule has 0 radical (unpaired) electrons. The van der Waals surface area contributed by atoms with E-state index in [0.717, 1.165) is 24.8 Å². The Hall–Kier alpha value is -1.40. The van der Waals surface area contributed by atoms with Crippen LogP contribution in [0, 0.1) is 5.92 Å². The number of aliphatic carboxylic acids is 1. The lowest BCUT2D eigenvalue weighted by Gasteiger charge is -2.29. The molecule has 2 atom stereocenters. The summed E-state index contributed by atoms with van der Waals surface area (Å²) in [5.74, 6) is -1.56. The number of benzene rings is 1. The molecule has 2 unspecified atom stereocenters. The first-order valence-electron chi connectivity index (χ1n) is 7.28. The van der Waals surface area contributed by atoms with Gasteiger partial charge in [-0.3, -0.25) is 4.79 Å². The predicted octanol–water partition coefficient (Wildman–Crippen LogP) is 2.17. The Morgan fingerprint density at radius 2 is 1.86 bits per heavy atom. The van der Waals surface area contributed by atoms with Gasteiger partial charge in [-0.2, -0.15) is 0 Å². The van der Waals surface area contributed by atoms with Gasteiger partial charge in [0, 0.05) is 6.04 Å². The maximum atomic E-state index is 12.4. The number of hydrogen-bond acceptors (Lipinski definition) is 3. The molecular weight excluding hydrogens is 290 g/mol. The van der Waals surface area contributed by atoms with E-state index in [0.29, 0.717) is 12.8 Å². The third-order valence-corrected chi connectivity index (χ3v) is 5.54. The van der Waals surface area contributed by atoms with E-state index in [1.807, 2.05) is 6.92 Å². The molecule has 0 aromatic heterocycles. The van der Waals surface area contributed by atoms with Gasteiger partial charge in [-0.15, -0.1) is 0 Å². The summed E-state index contributed by atoms with van der Waals surface area (Å²) >= 11 is 0. The lowest BCUT2D eigenvalue weighted by molar-refractivity contribution is -0.143. The van der Waals surface area contributed by atoms with Crippen LogP contribution in [0.15, 0.2) is 29.2 Å². The normalized spacial score (nSPS) is 22.9. The minimum Gasteiger partial charge on any atom is -0.481 e. The van der Waals surface area contributed by atoms with Crippen LogP contribution in [-0.2, 0) is 21.2 Å². The van der Waals surface area contributed by atoms with Gasteiger partial charge in [-0.05, 0) is 37.0 Å². The topological polar surface area (TPSA) is 83.5 Å². The zero-order chi connectivity index (χ0) is 15.5. The van der Waals surface area contributed by atoms with Crippen LogP contribution in [0.1, 0.15) is 38.2 Å². The SMILES string of the molecule is CCc1ccc(S(=O)(=O)NC2CCCCC2C(=O)O)cc1. The van der Waals surface area contributed by atoms with Gasteiger partial charge in [0.1, 0.15) is 0 Å². The molecule has 5 nitrogen and oxygen atoms in total. The molecule has 0 saturated heterocycles. The number of sulfonamides is 1. The number of carboxylic acids is 1. The molecule has 116 valence electrons. The second-order valence-corrected chi connectivity index (χ2v) is 7.17. The van der Waals surface area contributed by atoms with E-state index in [4.69, 9.17) is 0 Å². The third kappa shape index (κ3) is 3.83. The van der Waals surface area contributed by atoms with Crippen molar-refractivity contribution in [2.75, 3.05) is 0 Å². The fourth-order valence-corrected chi connectivity index (χ4v) is 4.05. The Morgan fingerprint density at radius 1 is 1.24 bits per heavy atom. The van der Waals surface area contributed by atoms with Crippen LogP contribution in [0.3, 0.4) is 0 Å². The summed E-state index contributed by atoms with van der Waals surface area (Å²) in [5, 5.41) is 9.21. The van der Waals surface area contributed by atoms with Crippen LogP contribution < -0.4 is 4.72 Å². The molecule has 1 aliphatic rings. The average Bonchev–Trinajstić information content (AvgIpc) is 2.47. The fourth-order valence-electron chi connectivity index (χ4n) is 2.74.